The Labute approximate surface area is 119 Å². The van der Waals surface area contributed by atoms with Crippen LogP contribution in [-0.4, -0.2) is 33.2 Å². The van der Waals surface area contributed by atoms with E-state index in [2.05, 4.69) is 15.6 Å². The van der Waals surface area contributed by atoms with Crippen LogP contribution in [0.1, 0.15) is 16.8 Å². The monoisotopic (exact) mass is 294 g/mol. The highest BCUT2D eigenvalue weighted by Crippen LogP contribution is 2.22. The molecular formula is C12H14N4O3S. The fraction of sp³-hybridized carbons (Fsp3) is 0.250. The molecule has 0 radical (unpaired) electrons. The molecule has 0 saturated carbocycles. The molecule has 0 bridgehead atoms. The van der Waals surface area contributed by atoms with Crippen molar-refractivity contribution in [3.63, 3.8) is 0 Å². The number of carboxylic acid groups (broad SMARTS) is 1. The second kappa shape index (κ2) is 6.71. The molecule has 0 atom stereocenters. The first-order valence-electron chi connectivity index (χ1n) is 5.98. The van der Waals surface area contributed by atoms with E-state index in [1.165, 1.54) is 17.4 Å². The number of carboxylic acids is 1. The van der Waals surface area contributed by atoms with Gasteiger partial charge in [0.05, 0.1) is 11.9 Å². The largest absolute Gasteiger partial charge is 0.478 e. The molecule has 0 aromatic carbocycles. The molecule has 3 N–H and O–H groups in total. The first-order valence-corrected chi connectivity index (χ1v) is 6.86. The molecule has 0 fully saturated rings. The lowest BCUT2D eigenvalue weighted by molar-refractivity contribution is 0.0698. The fourth-order valence-electron chi connectivity index (χ4n) is 1.60. The van der Waals surface area contributed by atoms with E-state index in [1.807, 2.05) is 10.8 Å². The maximum Gasteiger partial charge on any atom is 0.338 e. The number of aryl methyl sites for hydroxylation is 1. The molecule has 2 heterocycles. The van der Waals surface area contributed by atoms with E-state index in [1.54, 1.807) is 17.9 Å². The lowest BCUT2D eigenvalue weighted by Gasteiger charge is -2.07. The summed E-state index contributed by atoms with van der Waals surface area (Å²) in [6.45, 7) is 1.26. The van der Waals surface area contributed by atoms with Crippen LogP contribution in [0.2, 0.25) is 0 Å². The Morgan fingerprint density at radius 2 is 2.30 bits per heavy atom. The van der Waals surface area contributed by atoms with Crippen molar-refractivity contribution in [1.29, 1.82) is 0 Å². The third-order valence-electron chi connectivity index (χ3n) is 2.56. The molecule has 7 nitrogen and oxygen atoms in total. The number of nitrogens with zero attached hydrogens (tertiary/aromatic N) is 2. The van der Waals surface area contributed by atoms with Crippen molar-refractivity contribution in [2.45, 2.75) is 13.0 Å². The van der Waals surface area contributed by atoms with Gasteiger partial charge in [-0.1, -0.05) is 0 Å². The molecule has 106 valence electrons. The lowest BCUT2D eigenvalue weighted by Crippen LogP contribution is -2.30. The van der Waals surface area contributed by atoms with Crippen molar-refractivity contribution in [1.82, 2.24) is 14.9 Å². The van der Waals surface area contributed by atoms with Gasteiger partial charge in [-0.05, 0) is 17.9 Å². The van der Waals surface area contributed by atoms with Gasteiger partial charge in [-0.3, -0.25) is 5.32 Å². The Hall–Kier alpha value is -2.35. The normalized spacial score (nSPS) is 10.2. The Balaban J connectivity index is 1.72. The zero-order chi connectivity index (χ0) is 14.4. The van der Waals surface area contributed by atoms with Gasteiger partial charge in [0.25, 0.3) is 0 Å². The SMILES string of the molecule is O=C(NCCCn1ccnc1)Nc1sccc1C(=O)O. The van der Waals surface area contributed by atoms with Gasteiger partial charge >= 0.3 is 12.0 Å². The number of carbonyl (C=O) groups is 2. The average Bonchev–Trinajstić information content (AvgIpc) is 3.05. The predicted molar refractivity (Wildman–Crippen MR) is 75.1 cm³/mol. The van der Waals surface area contributed by atoms with E-state index in [-0.39, 0.29) is 5.56 Å². The molecule has 20 heavy (non-hydrogen) atoms. The highest BCUT2D eigenvalue weighted by atomic mass is 32.1. The number of nitrogens with one attached hydrogen (secondary N) is 2. The predicted octanol–water partition coefficient (Wildman–Crippen LogP) is 1.85. The number of thiophene rings is 1. The molecule has 0 spiro atoms. The summed E-state index contributed by atoms with van der Waals surface area (Å²) in [4.78, 5) is 26.4. The van der Waals surface area contributed by atoms with Gasteiger partial charge in [0.2, 0.25) is 0 Å². The molecule has 0 aliphatic rings. The van der Waals surface area contributed by atoms with E-state index in [0.717, 1.165) is 13.0 Å². The number of anilines is 1. The number of aromatic carboxylic acids is 1. The molecular weight excluding hydrogens is 280 g/mol. The molecule has 8 heteroatoms. The summed E-state index contributed by atoms with van der Waals surface area (Å²) in [5, 5.41) is 16.1. The van der Waals surface area contributed by atoms with Crippen LogP contribution in [0.5, 0.6) is 0 Å². The Morgan fingerprint density at radius 3 is 3.00 bits per heavy atom. The number of rotatable bonds is 6. The first-order chi connectivity index (χ1) is 9.66. The van der Waals surface area contributed by atoms with E-state index >= 15 is 0 Å². The van der Waals surface area contributed by atoms with Crippen LogP contribution in [0.15, 0.2) is 30.2 Å². The number of aromatic nitrogens is 2. The lowest BCUT2D eigenvalue weighted by atomic mass is 10.3. The van der Waals surface area contributed by atoms with Crippen LogP contribution >= 0.6 is 11.3 Å². The standard InChI is InChI=1S/C12H14N4O3S/c17-11(18)9-2-7-20-10(9)15-12(19)14-3-1-5-16-6-4-13-8-16/h2,4,6-8H,1,3,5H2,(H,17,18)(H2,14,15,19). The Morgan fingerprint density at radius 1 is 1.45 bits per heavy atom. The van der Waals surface area contributed by atoms with Crippen LogP contribution in [-0.2, 0) is 6.54 Å². The van der Waals surface area contributed by atoms with Crippen molar-refractivity contribution in [2.75, 3.05) is 11.9 Å². The van der Waals surface area contributed by atoms with E-state index < -0.39 is 12.0 Å². The van der Waals surface area contributed by atoms with E-state index in [4.69, 9.17) is 5.11 Å². The Kier molecular flexibility index (Phi) is 4.72. The van der Waals surface area contributed by atoms with Crippen LogP contribution in [0.3, 0.4) is 0 Å². The van der Waals surface area contributed by atoms with Crippen LogP contribution in [0.25, 0.3) is 0 Å². The molecule has 0 aliphatic heterocycles. The molecule has 0 unspecified atom stereocenters. The highest BCUT2D eigenvalue weighted by Gasteiger charge is 2.13. The molecule has 0 aliphatic carbocycles. The number of urea groups is 1. The third-order valence-corrected chi connectivity index (χ3v) is 3.39. The summed E-state index contributed by atoms with van der Waals surface area (Å²) >= 11 is 1.18. The van der Waals surface area contributed by atoms with E-state index in [0.29, 0.717) is 11.5 Å². The zero-order valence-corrected chi connectivity index (χ0v) is 11.4. The zero-order valence-electron chi connectivity index (χ0n) is 10.6. The minimum Gasteiger partial charge on any atom is -0.478 e. The minimum atomic E-state index is -1.05. The second-order valence-corrected chi connectivity index (χ2v) is 4.92. The maximum absolute atomic E-state index is 11.6. The van der Waals surface area contributed by atoms with Crippen LogP contribution < -0.4 is 10.6 Å². The summed E-state index contributed by atoms with van der Waals surface area (Å²) in [6, 6.07) is 1.06. The molecule has 0 saturated heterocycles. The summed E-state index contributed by atoms with van der Waals surface area (Å²) in [6.07, 6.45) is 6.03. The van der Waals surface area contributed by atoms with E-state index in [9.17, 15) is 9.59 Å². The van der Waals surface area contributed by atoms with Gasteiger partial charge in [-0.25, -0.2) is 14.6 Å². The van der Waals surface area contributed by atoms with Gasteiger partial charge < -0.3 is 15.0 Å². The molecule has 2 aromatic heterocycles. The quantitative estimate of drug-likeness (QED) is 0.708. The summed E-state index contributed by atoms with van der Waals surface area (Å²) < 4.78 is 1.92. The molecule has 2 rings (SSSR count). The van der Waals surface area contributed by atoms with Crippen molar-refractivity contribution < 1.29 is 14.7 Å². The van der Waals surface area contributed by atoms with Gasteiger partial charge in [0.1, 0.15) is 5.00 Å². The van der Waals surface area contributed by atoms with Crippen LogP contribution in [0.4, 0.5) is 9.80 Å². The summed E-state index contributed by atoms with van der Waals surface area (Å²) in [7, 11) is 0. The number of imidazole rings is 1. The topological polar surface area (TPSA) is 96.3 Å². The maximum atomic E-state index is 11.6. The van der Waals surface area contributed by atoms with Crippen molar-refractivity contribution >= 4 is 28.3 Å². The first kappa shape index (κ1) is 14.1. The van der Waals surface area contributed by atoms with Gasteiger partial charge in [0.15, 0.2) is 0 Å². The van der Waals surface area contributed by atoms with Crippen molar-refractivity contribution in [3.8, 4) is 0 Å². The molecule has 2 aromatic rings. The minimum absolute atomic E-state index is 0.101. The summed E-state index contributed by atoms with van der Waals surface area (Å²) in [5.41, 5.74) is 0.101. The number of carbonyl (C=O) groups excluding carboxylic acids is 1. The van der Waals surface area contributed by atoms with Crippen molar-refractivity contribution in [2.24, 2.45) is 0 Å². The average molecular weight is 294 g/mol. The van der Waals surface area contributed by atoms with Crippen LogP contribution in [0, 0.1) is 0 Å². The Bertz CT molecular complexity index is 579. The van der Waals surface area contributed by atoms with Gasteiger partial charge in [-0.2, -0.15) is 0 Å². The number of amides is 2. The number of hydrogen-bond acceptors (Lipinski definition) is 4. The molecule has 2 amide bonds. The third kappa shape index (κ3) is 3.82. The van der Waals surface area contributed by atoms with Gasteiger partial charge in [-0.15, -0.1) is 11.3 Å². The fourth-order valence-corrected chi connectivity index (χ4v) is 2.38. The number of hydrogen-bond donors (Lipinski definition) is 3. The van der Waals surface area contributed by atoms with Crippen molar-refractivity contribution in [3.05, 3.63) is 35.7 Å². The summed E-state index contributed by atoms with van der Waals surface area (Å²) in [5.74, 6) is -1.05. The smallest absolute Gasteiger partial charge is 0.338 e. The highest BCUT2D eigenvalue weighted by molar-refractivity contribution is 7.14. The van der Waals surface area contributed by atoms with Gasteiger partial charge in [0, 0.05) is 25.5 Å². The second-order valence-electron chi connectivity index (χ2n) is 4.00.